The molecule has 0 saturated heterocycles. The van der Waals surface area contributed by atoms with E-state index in [2.05, 4.69) is 60.6 Å². The molecular formula is C18H27NO. The molecule has 2 nitrogen and oxygen atoms in total. The van der Waals surface area contributed by atoms with E-state index in [0.717, 1.165) is 11.3 Å². The maximum absolute atomic E-state index is 6.05. The molecule has 0 aliphatic rings. The summed E-state index contributed by atoms with van der Waals surface area (Å²) in [7, 11) is 0. The molecule has 2 aromatic rings. The average molecular weight is 273 g/mol. The molecule has 0 atom stereocenters. The molecule has 0 unspecified atom stereocenters. The van der Waals surface area contributed by atoms with E-state index >= 15 is 0 Å². The van der Waals surface area contributed by atoms with E-state index in [0.29, 0.717) is 6.54 Å². The van der Waals surface area contributed by atoms with Crippen LogP contribution in [-0.2, 0) is 17.4 Å². The normalized spacial score (nSPS) is 13.2. The van der Waals surface area contributed by atoms with E-state index in [1.165, 1.54) is 22.1 Å². The molecule has 0 spiro atoms. The third kappa shape index (κ3) is 2.49. The average Bonchev–Trinajstić information content (AvgIpc) is 2.63. The van der Waals surface area contributed by atoms with Crippen molar-refractivity contribution in [3.05, 3.63) is 34.6 Å². The minimum Gasteiger partial charge on any atom is -0.459 e. The highest BCUT2D eigenvalue weighted by Gasteiger charge is 2.25. The summed E-state index contributed by atoms with van der Waals surface area (Å²) >= 11 is 0. The molecule has 0 amide bonds. The Morgan fingerprint density at radius 1 is 1.00 bits per heavy atom. The second kappa shape index (κ2) is 4.63. The minimum absolute atomic E-state index is 0.0513. The number of hydrogen-bond donors (Lipinski definition) is 1. The van der Waals surface area contributed by atoms with Gasteiger partial charge in [0.25, 0.3) is 0 Å². The fraction of sp³-hybridized carbons (Fsp3) is 0.556. The van der Waals surface area contributed by atoms with Crippen molar-refractivity contribution in [2.75, 3.05) is 0 Å². The zero-order valence-electron chi connectivity index (χ0n) is 13.8. The molecule has 0 aliphatic heterocycles. The summed E-state index contributed by atoms with van der Waals surface area (Å²) in [6.07, 6.45) is 0. The Hall–Kier alpha value is -1.28. The molecule has 1 heterocycles. The van der Waals surface area contributed by atoms with Gasteiger partial charge in [-0.15, -0.1) is 0 Å². The molecule has 20 heavy (non-hydrogen) atoms. The molecule has 0 saturated carbocycles. The summed E-state index contributed by atoms with van der Waals surface area (Å²) in [5.74, 6) is 0.900. The van der Waals surface area contributed by atoms with Gasteiger partial charge in [0.1, 0.15) is 11.3 Å². The predicted octanol–water partition coefficient (Wildman–Crippen LogP) is 4.79. The van der Waals surface area contributed by atoms with Crippen LogP contribution in [0, 0.1) is 6.92 Å². The van der Waals surface area contributed by atoms with Crippen molar-refractivity contribution in [1.29, 1.82) is 0 Å². The lowest BCUT2D eigenvalue weighted by Gasteiger charge is -2.25. The van der Waals surface area contributed by atoms with E-state index < -0.39 is 0 Å². The summed E-state index contributed by atoms with van der Waals surface area (Å²) < 4.78 is 6.05. The van der Waals surface area contributed by atoms with Crippen LogP contribution in [0.5, 0.6) is 0 Å². The number of aryl methyl sites for hydroxylation is 1. The Labute approximate surface area is 122 Å². The van der Waals surface area contributed by atoms with Crippen LogP contribution in [0.4, 0.5) is 0 Å². The predicted molar refractivity (Wildman–Crippen MR) is 86.2 cm³/mol. The second-order valence-corrected chi connectivity index (χ2v) is 7.75. The third-order valence-corrected chi connectivity index (χ3v) is 4.00. The zero-order valence-corrected chi connectivity index (χ0v) is 13.8. The van der Waals surface area contributed by atoms with Crippen LogP contribution in [0.25, 0.3) is 11.0 Å². The number of benzene rings is 1. The zero-order chi connectivity index (χ0) is 15.3. The summed E-state index contributed by atoms with van der Waals surface area (Å²) in [5.41, 5.74) is 10.8. The lowest BCUT2D eigenvalue weighted by Crippen LogP contribution is -2.16. The Morgan fingerprint density at radius 3 is 2.05 bits per heavy atom. The quantitative estimate of drug-likeness (QED) is 0.811. The van der Waals surface area contributed by atoms with Crippen LogP contribution in [0.3, 0.4) is 0 Å². The molecule has 2 heteroatoms. The summed E-state index contributed by atoms with van der Waals surface area (Å²) in [4.78, 5) is 0. The lowest BCUT2D eigenvalue weighted by atomic mass is 9.79. The fourth-order valence-electron chi connectivity index (χ4n) is 2.55. The molecule has 110 valence electrons. The van der Waals surface area contributed by atoms with Gasteiger partial charge in [0.2, 0.25) is 0 Å². The topological polar surface area (TPSA) is 39.2 Å². The van der Waals surface area contributed by atoms with Gasteiger partial charge in [0, 0.05) is 10.9 Å². The first-order valence-corrected chi connectivity index (χ1v) is 7.32. The van der Waals surface area contributed by atoms with Gasteiger partial charge in [-0.05, 0) is 34.9 Å². The SMILES string of the molecule is Cc1c(CN)oc2c(C(C)(C)C)cc(C(C)(C)C)cc12. The number of nitrogens with two attached hydrogens (primary N) is 1. The fourth-order valence-corrected chi connectivity index (χ4v) is 2.55. The maximum Gasteiger partial charge on any atom is 0.138 e. The summed E-state index contributed by atoms with van der Waals surface area (Å²) in [6.45, 7) is 16.0. The molecule has 0 aliphatic carbocycles. The second-order valence-electron chi connectivity index (χ2n) is 7.75. The van der Waals surface area contributed by atoms with Crippen molar-refractivity contribution in [3.8, 4) is 0 Å². The van der Waals surface area contributed by atoms with Gasteiger partial charge in [-0.25, -0.2) is 0 Å². The third-order valence-electron chi connectivity index (χ3n) is 4.00. The van der Waals surface area contributed by atoms with Crippen LogP contribution in [-0.4, -0.2) is 0 Å². The Kier molecular flexibility index (Phi) is 3.50. The van der Waals surface area contributed by atoms with Crippen molar-refractivity contribution >= 4 is 11.0 Å². The van der Waals surface area contributed by atoms with E-state index in [9.17, 15) is 0 Å². The largest absolute Gasteiger partial charge is 0.459 e. The molecule has 1 aromatic carbocycles. The van der Waals surface area contributed by atoms with Gasteiger partial charge in [-0.1, -0.05) is 47.6 Å². The van der Waals surface area contributed by atoms with Crippen LogP contribution in [0.2, 0.25) is 0 Å². The van der Waals surface area contributed by atoms with Crippen molar-refractivity contribution in [3.63, 3.8) is 0 Å². The van der Waals surface area contributed by atoms with E-state index in [-0.39, 0.29) is 10.8 Å². The highest BCUT2D eigenvalue weighted by atomic mass is 16.3. The molecular weight excluding hydrogens is 246 g/mol. The Balaban J connectivity index is 2.88. The summed E-state index contributed by atoms with van der Waals surface area (Å²) in [5, 5.41) is 1.21. The highest BCUT2D eigenvalue weighted by molar-refractivity contribution is 5.86. The smallest absolute Gasteiger partial charge is 0.138 e. The molecule has 2 rings (SSSR count). The van der Waals surface area contributed by atoms with Crippen LogP contribution in [0.15, 0.2) is 16.5 Å². The summed E-state index contributed by atoms with van der Waals surface area (Å²) in [6, 6.07) is 4.56. The monoisotopic (exact) mass is 273 g/mol. The van der Waals surface area contributed by atoms with E-state index in [1.807, 2.05) is 0 Å². The van der Waals surface area contributed by atoms with Gasteiger partial charge in [-0.2, -0.15) is 0 Å². The molecule has 0 bridgehead atoms. The van der Waals surface area contributed by atoms with Gasteiger partial charge in [0.15, 0.2) is 0 Å². The molecule has 0 fully saturated rings. The molecule has 0 radical (unpaired) electrons. The Bertz CT molecular complexity index is 636. The van der Waals surface area contributed by atoms with Crippen molar-refractivity contribution in [2.24, 2.45) is 5.73 Å². The Morgan fingerprint density at radius 2 is 1.60 bits per heavy atom. The minimum atomic E-state index is 0.0513. The van der Waals surface area contributed by atoms with Crippen LogP contribution >= 0.6 is 0 Å². The number of fused-ring (bicyclic) bond motifs is 1. The molecule has 2 N–H and O–H groups in total. The van der Waals surface area contributed by atoms with Crippen molar-refractivity contribution in [1.82, 2.24) is 0 Å². The first kappa shape index (κ1) is 15.1. The molecule has 1 aromatic heterocycles. The number of furan rings is 1. The van der Waals surface area contributed by atoms with Gasteiger partial charge in [0.05, 0.1) is 6.54 Å². The van der Waals surface area contributed by atoms with Gasteiger partial charge < -0.3 is 10.2 Å². The maximum atomic E-state index is 6.05. The van der Waals surface area contributed by atoms with Crippen molar-refractivity contribution in [2.45, 2.75) is 65.8 Å². The van der Waals surface area contributed by atoms with Crippen LogP contribution < -0.4 is 5.73 Å². The van der Waals surface area contributed by atoms with Crippen LogP contribution in [0.1, 0.15) is 64.0 Å². The standard InChI is InChI=1S/C18H27NO/c1-11-13-8-12(17(2,3)4)9-14(18(5,6)7)16(13)20-15(11)10-19/h8-9H,10,19H2,1-7H3. The van der Waals surface area contributed by atoms with Crippen molar-refractivity contribution < 1.29 is 4.42 Å². The highest BCUT2D eigenvalue weighted by Crippen LogP contribution is 2.38. The first-order chi connectivity index (χ1) is 9.05. The van der Waals surface area contributed by atoms with Gasteiger partial charge >= 0.3 is 0 Å². The van der Waals surface area contributed by atoms with Gasteiger partial charge in [-0.3, -0.25) is 0 Å². The number of hydrogen-bond acceptors (Lipinski definition) is 2. The number of rotatable bonds is 1. The lowest BCUT2D eigenvalue weighted by molar-refractivity contribution is 0.522. The van der Waals surface area contributed by atoms with E-state index in [1.54, 1.807) is 0 Å². The van der Waals surface area contributed by atoms with E-state index in [4.69, 9.17) is 10.2 Å². The first-order valence-electron chi connectivity index (χ1n) is 7.32.